The van der Waals surface area contributed by atoms with Gasteiger partial charge in [0.1, 0.15) is 5.75 Å². The van der Waals surface area contributed by atoms with Gasteiger partial charge in [0.2, 0.25) is 5.95 Å². The van der Waals surface area contributed by atoms with E-state index in [0.29, 0.717) is 0 Å². The van der Waals surface area contributed by atoms with E-state index in [1.165, 1.54) is 19.2 Å². The molecule has 0 saturated heterocycles. The summed E-state index contributed by atoms with van der Waals surface area (Å²) in [6.45, 7) is 0. The first kappa shape index (κ1) is 11.4. The lowest BCUT2D eigenvalue weighted by Crippen LogP contribution is -1.95. The number of pyridine rings is 1. The molecular weight excluding hydrogens is 231 g/mol. The zero-order valence-electron chi connectivity index (χ0n) is 8.88. The fraction of sp³-hybridized carbons (Fsp3) is 0.0833. The molecule has 0 fully saturated rings. The van der Waals surface area contributed by atoms with E-state index in [-0.39, 0.29) is 16.9 Å². The fourth-order valence-electron chi connectivity index (χ4n) is 1.50. The summed E-state index contributed by atoms with van der Waals surface area (Å²) in [4.78, 5) is 3.38. The topological polar surface area (TPSA) is 22.1 Å². The van der Waals surface area contributed by atoms with Crippen molar-refractivity contribution in [1.29, 1.82) is 0 Å². The number of aromatic nitrogens is 1. The van der Waals surface area contributed by atoms with Gasteiger partial charge in [-0.15, -0.1) is 0 Å². The second-order valence-electron chi connectivity index (χ2n) is 3.31. The van der Waals surface area contributed by atoms with Gasteiger partial charge in [0.15, 0.2) is 11.6 Å². The number of hydrogen-bond donors (Lipinski definition) is 0. The predicted molar refractivity (Wildman–Crippen MR) is 56.1 cm³/mol. The summed E-state index contributed by atoms with van der Waals surface area (Å²) in [5, 5.41) is 0. The van der Waals surface area contributed by atoms with E-state index >= 15 is 0 Å². The first-order valence-electron chi connectivity index (χ1n) is 4.77. The maximum atomic E-state index is 13.6. The average Bonchev–Trinajstić information content (AvgIpc) is 2.33. The van der Waals surface area contributed by atoms with Crippen LogP contribution in [-0.4, -0.2) is 12.1 Å². The first-order chi connectivity index (χ1) is 8.13. The molecule has 2 aromatic rings. The van der Waals surface area contributed by atoms with Gasteiger partial charge in [-0.1, -0.05) is 12.1 Å². The number of nitrogens with zero attached hydrogens (tertiary/aromatic N) is 1. The number of halogens is 3. The Morgan fingerprint density at radius 3 is 2.59 bits per heavy atom. The van der Waals surface area contributed by atoms with Gasteiger partial charge < -0.3 is 4.74 Å². The van der Waals surface area contributed by atoms with Gasteiger partial charge in [0.05, 0.1) is 13.3 Å². The van der Waals surface area contributed by atoms with Crippen LogP contribution in [0.25, 0.3) is 11.1 Å². The Labute approximate surface area is 95.7 Å². The Bertz CT molecular complexity index is 557. The van der Waals surface area contributed by atoms with Crippen LogP contribution in [0.3, 0.4) is 0 Å². The van der Waals surface area contributed by atoms with Crippen molar-refractivity contribution in [3.05, 3.63) is 48.0 Å². The zero-order chi connectivity index (χ0) is 12.4. The van der Waals surface area contributed by atoms with E-state index in [9.17, 15) is 13.2 Å². The summed E-state index contributed by atoms with van der Waals surface area (Å²) in [5.41, 5.74) is 0.0557. The van der Waals surface area contributed by atoms with E-state index in [1.54, 1.807) is 0 Å². The number of ether oxygens (including phenoxy) is 1. The average molecular weight is 239 g/mol. The van der Waals surface area contributed by atoms with Crippen LogP contribution in [-0.2, 0) is 0 Å². The van der Waals surface area contributed by atoms with Crippen molar-refractivity contribution in [3.63, 3.8) is 0 Å². The SMILES string of the molecule is COc1cnc(F)cc1-c1cccc(F)c1F. The van der Waals surface area contributed by atoms with Crippen molar-refractivity contribution in [2.45, 2.75) is 0 Å². The molecular formula is C12H8F3NO. The monoisotopic (exact) mass is 239 g/mol. The number of benzene rings is 1. The molecule has 0 aliphatic rings. The minimum absolute atomic E-state index is 0.0665. The van der Waals surface area contributed by atoms with E-state index in [4.69, 9.17) is 4.74 Å². The molecule has 88 valence electrons. The molecule has 0 spiro atoms. The third-order valence-corrected chi connectivity index (χ3v) is 2.30. The van der Waals surface area contributed by atoms with E-state index in [0.717, 1.165) is 18.3 Å². The minimum Gasteiger partial charge on any atom is -0.494 e. The summed E-state index contributed by atoms with van der Waals surface area (Å²) < 4.78 is 44.6. The molecule has 0 radical (unpaired) electrons. The molecule has 1 aromatic carbocycles. The van der Waals surface area contributed by atoms with Gasteiger partial charge in [0, 0.05) is 17.2 Å². The van der Waals surface area contributed by atoms with Crippen molar-refractivity contribution >= 4 is 0 Å². The number of methoxy groups -OCH3 is 1. The van der Waals surface area contributed by atoms with E-state index in [1.807, 2.05) is 0 Å². The Kier molecular flexibility index (Phi) is 2.99. The van der Waals surface area contributed by atoms with Crippen LogP contribution in [0, 0.1) is 17.6 Å². The second kappa shape index (κ2) is 4.45. The van der Waals surface area contributed by atoms with Crippen LogP contribution >= 0.6 is 0 Å². The van der Waals surface area contributed by atoms with Gasteiger partial charge in [-0.05, 0) is 6.07 Å². The number of rotatable bonds is 2. The van der Waals surface area contributed by atoms with Crippen LogP contribution in [0.1, 0.15) is 0 Å². The fourth-order valence-corrected chi connectivity index (χ4v) is 1.50. The number of hydrogen-bond acceptors (Lipinski definition) is 2. The molecule has 0 saturated carbocycles. The van der Waals surface area contributed by atoms with Gasteiger partial charge in [0.25, 0.3) is 0 Å². The second-order valence-corrected chi connectivity index (χ2v) is 3.31. The van der Waals surface area contributed by atoms with Gasteiger partial charge >= 0.3 is 0 Å². The standard InChI is InChI=1S/C12H8F3NO/c1-17-10-6-16-11(14)5-8(10)7-3-2-4-9(13)12(7)15/h2-6H,1H3. The first-order valence-corrected chi connectivity index (χ1v) is 4.77. The predicted octanol–water partition coefficient (Wildman–Crippen LogP) is 3.17. The van der Waals surface area contributed by atoms with Gasteiger partial charge in [-0.25, -0.2) is 13.8 Å². The van der Waals surface area contributed by atoms with Crippen LogP contribution in [0.2, 0.25) is 0 Å². The highest BCUT2D eigenvalue weighted by atomic mass is 19.2. The molecule has 0 bridgehead atoms. The highest BCUT2D eigenvalue weighted by Crippen LogP contribution is 2.32. The Morgan fingerprint density at radius 1 is 1.12 bits per heavy atom. The molecule has 17 heavy (non-hydrogen) atoms. The molecule has 1 aromatic heterocycles. The van der Waals surface area contributed by atoms with Gasteiger partial charge in [-0.3, -0.25) is 0 Å². The summed E-state index contributed by atoms with van der Waals surface area (Å²) in [6, 6.07) is 4.67. The lowest BCUT2D eigenvalue weighted by molar-refractivity contribution is 0.411. The third kappa shape index (κ3) is 2.08. The molecule has 0 unspecified atom stereocenters. The lowest BCUT2D eigenvalue weighted by atomic mass is 10.1. The summed E-state index contributed by atoms with van der Waals surface area (Å²) in [6.07, 6.45) is 1.12. The minimum atomic E-state index is -1.05. The Morgan fingerprint density at radius 2 is 1.88 bits per heavy atom. The molecule has 0 N–H and O–H groups in total. The molecule has 5 heteroatoms. The maximum absolute atomic E-state index is 13.6. The van der Waals surface area contributed by atoms with Crippen molar-refractivity contribution in [1.82, 2.24) is 4.98 Å². The quantitative estimate of drug-likeness (QED) is 0.751. The van der Waals surface area contributed by atoms with E-state index in [2.05, 4.69) is 4.98 Å². The summed E-state index contributed by atoms with van der Waals surface area (Å²) in [7, 11) is 1.34. The molecule has 0 atom stereocenters. The smallest absolute Gasteiger partial charge is 0.213 e. The molecule has 1 heterocycles. The molecule has 0 aliphatic heterocycles. The highest BCUT2D eigenvalue weighted by Gasteiger charge is 2.14. The summed E-state index contributed by atoms with van der Waals surface area (Å²) >= 11 is 0. The Hall–Kier alpha value is -2.04. The molecule has 2 nitrogen and oxygen atoms in total. The highest BCUT2D eigenvalue weighted by molar-refractivity contribution is 5.70. The van der Waals surface area contributed by atoms with E-state index < -0.39 is 17.6 Å². The van der Waals surface area contributed by atoms with Crippen molar-refractivity contribution in [2.75, 3.05) is 7.11 Å². The van der Waals surface area contributed by atoms with Crippen molar-refractivity contribution in [3.8, 4) is 16.9 Å². The lowest BCUT2D eigenvalue weighted by Gasteiger charge is -2.09. The third-order valence-electron chi connectivity index (χ3n) is 2.30. The van der Waals surface area contributed by atoms with Crippen molar-refractivity contribution in [2.24, 2.45) is 0 Å². The molecule has 0 aliphatic carbocycles. The summed E-state index contributed by atoms with van der Waals surface area (Å²) in [5.74, 6) is -2.65. The normalized spacial score (nSPS) is 10.4. The van der Waals surface area contributed by atoms with Crippen LogP contribution in [0.15, 0.2) is 30.5 Å². The zero-order valence-corrected chi connectivity index (χ0v) is 8.88. The van der Waals surface area contributed by atoms with Crippen LogP contribution in [0.4, 0.5) is 13.2 Å². The van der Waals surface area contributed by atoms with Crippen molar-refractivity contribution < 1.29 is 17.9 Å². The largest absolute Gasteiger partial charge is 0.494 e. The maximum Gasteiger partial charge on any atom is 0.213 e. The molecule has 2 rings (SSSR count). The Balaban J connectivity index is 2.67. The van der Waals surface area contributed by atoms with Crippen LogP contribution in [0.5, 0.6) is 5.75 Å². The van der Waals surface area contributed by atoms with Crippen LogP contribution < -0.4 is 4.74 Å². The molecule has 0 amide bonds. The van der Waals surface area contributed by atoms with Gasteiger partial charge in [-0.2, -0.15) is 4.39 Å².